The van der Waals surface area contributed by atoms with Crippen molar-refractivity contribution in [2.45, 2.75) is 35.6 Å². The molecule has 0 spiro atoms. The highest BCUT2D eigenvalue weighted by Gasteiger charge is 2.52. The summed E-state index contributed by atoms with van der Waals surface area (Å²) in [7, 11) is 0.664. The molecule has 2 aliphatic rings. The van der Waals surface area contributed by atoms with E-state index in [1.165, 1.54) is 39.4 Å². The maximum atomic E-state index is 12.9. The third-order valence-corrected chi connectivity index (χ3v) is 8.27. The molecule has 2 heterocycles. The number of fused-ring (bicyclic) bond motifs is 1. The van der Waals surface area contributed by atoms with Gasteiger partial charge in [-0.25, -0.2) is 12.7 Å². The summed E-state index contributed by atoms with van der Waals surface area (Å²) in [6, 6.07) is 3.71. The summed E-state index contributed by atoms with van der Waals surface area (Å²) in [6.07, 6.45) is 1.16. The Hall–Kier alpha value is -1.78. The van der Waals surface area contributed by atoms with Crippen molar-refractivity contribution in [1.82, 2.24) is 9.21 Å². The summed E-state index contributed by atoms with van der Waals surface area (Å²) < 4.78 is 31.1. The van der Waals surface area contributed by atoms with Gasteiger partial charge in [0.15, 0.2) is 0 Å². The zero-order valence-corrected chi connectivity index (χ0v) is 17.3. The van der Waals surface area contributed by atoms with Crippen LogP contribution in [0.3, 0.4) is 0 Å². The Morgan fingerprint density at radius 3 is 2.74 bits per heavy atom. The van der Waals surface area contributed by atoms with Gasteiger partial charge in [-0.2, -0.15) is 0 Å². The smallest absolute Gasteiger partial charge is 0.248 e. The minimum Gasteiger partial charge on any atom is -0.495 e. The highest BCUT2D eigenvalue weighted by atomic mass is 32.2. The van der Waals surface area contributed by atoms with Crippen LogP contribution >= 0.6 is 11.8 Å². The number of benzene rings is 1. The van der Waals surface area contributed by atoms with Crippen LogP contribution in [0.2, 0.25) is 0 Å². The van der Waals surface area contributed by atoms with Crippen molar-refractivity contribution >= 4 is 39.3 Å². The van der Waals surface area contributed by atoms with Gasteiger partial charge in [0.25, 0.3) is 0 Å². The van der Waals surface area contributed by atoms with E-state index in [4.69, 9.17) is 4.74 Å². The van der Waals surface area contributed by atoms with Gasteiger partial charge in [0.05, 0.1) is 22.6 Å². The SMILES string of the molecule is COc1ccc(S(=O)(=O)N(C)C)cc1NC(=O)C1CSC2(C)CCC(=O)N12. The van der Waals surface area contributed by atoms with Crippen molar-refractivity contribution in [2.75, 3.05) is 32.3 Å². The molecule has 2 amide bonds. The minimum atomic E-state index is -3.65. The first kappa shape index (κ1) is 20.0. The summed E-state index contributed by atoms with van der Waals surface area (Å²) in [4.78, 5) is 26.5. The maximum Gasteiger partial charge on any atom is 0.248 e. The maximum absolute atomic E-state index is 12.9. The normalized spacial score (nSPS) is 25.0. The number of methoxy groups -OCH3 is 1. The molecule has 0 aliphatic carbocycles. The molecule has 2 unspecified atom stereocenters. The van der Waals surface area contributed by atoms with Crippen LogP contribution in [-0.4, -0.2) is 67.3 Å². The molecule has 0 bridgehead atoms. The van der Waals surface area contributed by atoms with Crippen LogP contribution in [0.25, 0.3) is 0 Å². The van der Waals surface area contributed by atoms with Gasteiger partial charge in [-0.1, -0.05) is 0 Å². The first-order chi connectivity index (χ1) is 12.6. The van der Waals surface area contributed by atoms with Crippen LogP contribution < -0.4 is 10.1 Å². The van der Waals surface area contributed by atoms with Gasteiger partial charge in [0, 0.05) is 26.3 Å². The number of nitrogens with one attached hydrogen (secondary N) is 1. The zero-order chi connectivity index (χ0) is 20.0. The average Bonchev–Trinajstić information content (AvgIpc) is 3.11. The lowest BCUT2D eigenvalue weighted by molar-refractivity contribution is -0.135. The van der Waals surface area contributed by atoms with E-state index in [1.54, 1.807) is 16.7 Å². The first-order valence-electron chi connectivity index (χ1n) is 8.48. The molecule has 0 saturated carbocycles. The molecule has 1 aromatic rings. The predicted molar refractivity (Wildman–Crippen MR) is 103 cm³/mol. The van der Waals surface area contributed by atoms with Crippen LogP contribution in [0.4, 0.5) is 5.69 Å². The van der Waals surface area contributed by atoms with Crippen molar-refractivity contribution in [3.05, 3.63) is 18.2 Å². The van der Waals surface area contributed by atoms with E-state index < -0.39 is 16.1 Å². The van der Waals surface area contributed by atoms with E-state index in [-0.39, 0.29) is 27.3 Å². The molecular weight excluding hydrogens is 390 g/mol. The number of anilines is 1. The Bertz CT molecular complexity index is 887. The lowest BCUT2D eigenvalue weighted by atomic mass is 10.2. The number of amides is 2. The second kappa shape index (κ2) is 6.99. The van der Waals surface area contributed by atoms with Gasteiger partial charge in [0.2, 0.25) is 21.8 Å². The number of carbonyl (C=O) groups excluding carboxylic acids is 2. The highest BCUT2D eigenvalue weighted by molar-refractivity contribution is 8.01. The van der Waals surface area contributed by atoms with Crippen molar-refractivity contribution < 1.29 is 22.7 Å². The number of hydrogen-bond acceptors (Lipinski definition) is 6. The number of hydrogen-bond donors (Lipinski definition) is 1. The molecule has 1 aromatic carbocycles. The Morgan fingerprint density at radius 2 is 2.11 bits per heavy atom. The van der Waals surface area contributed by atoms with E-state index in [9.17, 15) is 18.0 Å². The van der Waals surface area contributed by atoms with Gasteiger partial charge >= 0.3 is 0 Å². The molecule has 2 saturated heterocycles. The van der Waals surface area contributed by atoms with E-state index >= 15 is 0 Å². The van der Waals surface area contributed by atoms with Gasteiger partial charge in [-0.05, 0) is 31.5 Å². The average molecular weight is 414 g/mol. The molecular formula is C17H23N3O5S2. The lowest BCUT2D eigenvalue weighted by Gasteiger charge is -2.30. The number of rotatable bonds is 5. The van der Waals surface area contributed by atoms with Crippen LogP contribution in [0.15, 0.2) is 23.1 Å². The third kappa shape index (κ3) is 3.41. The molecule has 3 rings (SSSR count). The quantitative estimate of drug-likeness (QED) is 0.783. The van der Waals surface area contributed by atoms with Crippen LogP contribution in [0.1, 0.15) is 19.8 Å². The van der Waals surface area contributed by atoms with E-state index in [2.05, 4.69) is 5.32 Å². The number of thioether (sulfide) groups is 1. The van der Waals surface area contributed by atoms with Gasteiger partial charge in [-0.3, -0.25) is 9.59 Å². The number of ether oxygens (including phenoxy) is 1. The summed E-state index contributed by atoms with van der Waals surface area (Å²) in [5.74, 6) is 0.478. The second-order valence-corrected chi connectivity index (χ2v) is 10.6. The Kier molecular flexibility index (Phi) is 5.17. The summed E-state index contributed by atoms with van der Waals surface area (Å²) in [5, 5.41) is 2.75. The summed E-state index contributed by atoms with van der Waals surface area (Å²) >= 11 is 1.60. The zero-order valence-electron chi connectivity index (χ0n) is 15.7. The minimum absolute atomic E-state index is 0.0291. The third-order valence-electron chi connectivity index (χ3n) is 4.95. The molecule has 0 aromatic heterocycles. The number of nitrogens with zero attached hydrogens (tertiary/aromatic N) is 2. The molecule has 1 N–H and O–H groups in total. The van der Waals surface area contributed by atoms with Crippen molar-refractivity contribution in [3.63, 3.8) is 0 Å². The fourth-order valence-electron chi connectivity index (χ4n) is 3.39. The molecule has 2 fully saturated rings. The van der Waals surface area contributed by atoms with Crippen molar-refractivity contribution in [1.29, 1.82) is 0 Å². The van der Waals surface area contributed by atoms with E-state index in [0.29, 0.717) is 17.9 Å². The fraction of sp³-hybridized carbons (Fsp3) is 0.529. The monoisotopic (exact) mass is 413 g/mol. The number of sulfonamides is 1. The first-order valence-corrected chi connectivity index (χ1v) is 10.9. The van der Waals surface area contributed by atoms with E-state index in [1.807, 2.05) is 6.92 Å². The van der Waals surface area contributed by atoms with Crippen molar-refractivity contribution in [3.8, 4) is 5.75 Å². The fourth-order valence-corrected chi connectivity index (χ4v) is 5.75. The Balaban J connectivity index is 1.89. The molecule has 2 aliphatic heterocycles. The van der Waals surface area contributed by atoms with Crippen LogP contribution in [0.5, 0.6) is 5.75 Å². The summed E-state index contributed by atoms with van der Waals surface area (Å²) in [5.41, 5.74) is 0.260. The molecule has 27 heavy (non-hydrogen) atoms. The van der Waals surface area contributed by atoms with E-state index in [0.717, 1.165) is 10.7 Å². The van der Waals surface area contributed by atoms with Crippen LogP contribution in [-0.2, 0) is 19.6 Å². The standard InChI is InChI=1S/C17H23N3O5S2/c1-17-8-7-15(21)20(17)13(10-26-17)16(22)18-12-9-11(5-6-14(12)25-4)27(23,24)19(2)3/h5-6,9,13H,7-8,10H2,1-4H3,(H,18,22). The van der Waals surface area contributed by atoms with Gasteiger partial charge in [-0.15, -0.1) is 11.8 Å². The Labute approximate surface area is 163 Å². The second-order valence-electron chi connectivity index (χ2n) is 6.90. The molecule has 8 nitrogen and oxygen atoms in total. The Morgan fingerprint density at radius 1 is 1.41 bits per heavy atom. The van der Waals surface area contributed by atoms with Crippen LogP contribution in [0, 0.1) is 0 Å². The van der Waals surface area contributed by atoms with Gasteiger partial charge < -0.3 is 15.0 Å². The number of carbonyl (C=O) groups is 2. The highest BCUT2D eigenvalue weighted by Crippen LogP contribution is 2.47. The predicted octanol–water partition coefficient (Wildman–Crippen LogP) is 1.34. The summed E-state index contributed by atoms with van der Waals surface area (Å²) in [6.45, 7) is 1.97. The van der Waals surface area contributed by atoms with Gasteiger partial charge in [0.1, 0.15) is 11.8 Å². The molecule has 2 atom stereocenters. The topological polar surface area (TPSA) is 96.0 Å². The molecule has 10 heteroatoms. The largest absolute Gasteiger partial charge is 0.495 e. The lowest BCUT2D eigenvalue weighted by Crippen LogP contribution is -2.48. The van der Waals surface area contributed by atoms with Crippen molar-refractivity contribution in [2.24, 2.45) is 0 Å². The molecule has 0 radical (unpaired) electrons. The molecule has 148 valence electrons.